The van der Waals surface area contributed by atoms with Crippen LogP contribution in [0, 0.1) is 13.8 Å². The third-order valence-electron chi connectivity index (χ3n) is 4.47. The van der Waals surface area contributed by atoms with E-state index in [0.29, 0.717) is 17.0 Å². The molecule has 0 spiro atoms. The van der Waals surface area contributed by atoms with Crippen molar-refractivity contribution in [2.45, 2.75) is 18.7 Å². The Kier molecular flexibility index (Phi) is 7.14. The molecule has 0 aliphatic carbocycles. The molecule has 0 heterocycles. The maximum Gasteiger partial charge on any atom is 0.255 e. The Balaban J connectivity index is 1.56. The normalized spacial score (nSPS) is 10.4. The summed E-state index contributed by atoms with van der Waals surface area (Å²) in [5.41, 5.74) is 4.24. The zero-order valence-electron chi connectivity index (χ0n) is 17.2. The van der Waals surface area contributed by atoms with E-state index in [9.17, 15) is 9.59 Å². The van der Waals surface area contributed by atoms with Crippen LogP contribution in [0.25, 0.3) is 0 Å². The van der Waals surface area contributed by atoms with Gasteiger partial charge in [-0.15, -0.1) is 11.8 Å². The van der Waals surface area contributed by atoms with Gasteiger partial charge in [-0.25, -0.2) is 0 Å². The number of anilines is 2. The maximum absolute atomic E-state index is 12.4. The van der Waals surface area contributed by atoms with Crippen LogP contribution in [-0.4, -0.2) is 24.7 Å². The van der Waals surface area contributed by atoms with Gasteiger partial charge in [-0.1, -0.05) is 23.8 Å². The standard InChI is InChI=1S/C24H24N2O3S/c1-16-7-12-22(17(2)13-16)26-23(27)15-30-21-6-4-5-19(14-21)25-24(28)18-8-10-20(29-3)11-9-18/h4-14H,15H2,1-3H3,(H,25,28)(H,26,27). The lowest BCUT2D eigenvalue weighted by molar-refractivity contribution is -0.113. The second kappa shape index (κ2) is 9.98. The molecule has 6 heteroatoms. The van der Waals surface area contributed by atoms with Crippen LogP contribution in [0.3, 0.4) is 0 Å². The number of methoxy groups -OCH3 is 1. The van der Waals surface area contributed by atoms with Crippen molar-refractivity contribution in [3.05, 3.63) is 83.4 Å². The van der Waals surface area contributed by atoms with Crippen molar-refractivity contribution in [2.75, 3.05) is 23.5 Å². The zero-order chi connectivity index (χ0) is 21.5. The Hall–Kier alpha value is -3.25. The lowest BCUT2D eigenvalue weighted by Crippen LogP contribution is -2.15. The summed E-state index contributed by atoms with van der Waals surface area (Å²) in [5, 5.41) is 5.83. The highest BCUT2D eigenvalue weighted by Gasteiger charge is 2.09. The van der Waals surface area contributed by atoms with E-state index in [0.717, 1.165) is 21.7 Å². The molecule has 3 rings (SSSR count). The average molecular weight is 421 g/mol. The molecule has 0 saturated carbocycles. The van der Waals surface area contributed by atoms with Crippen LogP contribution >= 0.6 is 11.8 Å². The van der Waals surface area contributed by atoms with Crippen molar-refractivity contribution >= 4 is 35.0 Å². The second-order valence-corrected chi connectivity index (χ2v) is 7.91. The number of hydrogen-bond acceptors (Lipinski definition) is 4. The molecule has 0 saturated heterocycles. The Labute approximate surface area is 180 Å². The topological polar surface area (TPSA) is 67.4 Å². The zero-order valence-corrected chi connectivity index (χ0v) is 18.0. The van der Waals surface area contributed by atoms with Gasteiger partial charge in [0, 0.05) is 21.8 Å². The molecular formula is C24H24N2O3S. The molecule has 3 aromatic carbocycles. The summed E-state index contributed by atoms with van der Waals surface area (Å²) in [5.74, 6) is 0.708. The number of amides is 2. The van der Waals surface area contributed by atoms with Crippen molar-refractivity contribution in [3.8, 4) is 5.75 Å². The van der Waals surface area contributed by atoms with E-state index in [1.807, 2.05) is 56.3 Å². The van der Waals surface area contributed by atoms with Crippen LogP contribution < -0.4 is 15.4 Å². The van der Waals surface area contributed by atoms with Crippen molar-refractivity contribution < 1.29 is 14.3 Å². The molecule has 2 amide bonds. The highest BCUT2D eigenvalue weighted by atomic mass is 32.2. The van der Waals surface area contributed by atoms with Crippen LogP contribution in [0.4, 0.5) is 11.4 Å². The average Bonchev–Trinajstić information content (AvgIpc) is 2.74. The number of ether oxygens (including phenoxy) is 1. The number of rotatable bonds is 7. The SMILES string of the molecule is COc1ccc(C(=O)Nc2cccc(SCC(=O)Nc3ccc(C)cc3C)c2)cc1. The number of thioether (sulfide) groups is 1. The first kappa shape index (κ1) is 21.5. The Morgan fingerprint density at radius 1 is 0.933 bits per heavy atom. The van der Waals surface area contributed by atoms with Crippen molar-refractivity contribution in [3.63, 3.8) is 0 Å². The third-order valence-corrected chi connectivity index (χ3v) is 5.46. The maximum atomic E-state index is 12.4. The third kappa shape index (κ3) is 5.87. The molecule has 30 heavy (non-hydrogen) atoms. The van der Waals surface area contributed by atoms with Gasteiger partial charge in [0.05, 0.1) is 12.9 Å². The molecule has 3 aromatic rings. The van der Waals surface area contributed by atoms with Gasteiger partial charge in [-0.05, 0) is 67.9 Å². The monoisotopic (exact) mass is 420 g/mol. The molecule has 0 radical (unpaired) electrons. The number of aryl methyl sites for hydroxylation is 2. The molecule has 0 unspecified atom stereocenters. The quantitative estimate of drug-likeness (QED) is 0.509. The number of carbonyl (C=O) groups excluding carboxylic acids is 2. The van der Waals surface area contributed by atoms with Crippen molar-refractivity contribution in [1.82, 2.24) is 0 Å². The summed E-state index contributed by atoms with van der Waals surface area (Å²) in [6, 6.07) is 20.3. The van der Waals surface area contributed by atoms with Gasteiger partial charge in [0.25, 0.3) is 5.91 Å². The minimum atomic E-state index is -0.201. The van der Waals surface area contributed by atoms with Crippen LogP contribution in [0.5, 0.6) is 5.75 Å². The second-order valence-electron chi connectivity index (χ2n) is 6.87. The van der Waals surface area contributed by atoms with E-state index in [1.54, 1.807) is 31.4 Å². The molecule has 154 valence electrons. The molecule has 0 atom stereocenters. The largest absolute Gasteiger partial charge is 0.497 e. The predicted molar refractivity (Wildman–Crippen MR) is 123 cm³/mol. The van der Waals surface area contributed by atoms with Crippen molar-refractivity contribution in [1.29, 1.82) is 0 Å². The van der Waals surface area contributed by atoms with Crippen LogP contribution in [0.15, 0.2) is 71.6 Å². The summed E-state index contributed by atoms with van der Waals surface area (Å²) in [7, 11) is 1.58. The minimum absolute atomic E-state index is 0.0698. The van der Waals surface area contributed by atoms with Gasteiger partial charge in [-0.2, -0.15) is 0 Å². The van der Waals surface area contributed by atoms with E-state index in [4.69, 9.17) is 4.74 Å². The van der Waals surface area contributed by atoms with E-state index in [1.165, 1.54) is 11.8 Å². The fourth-order valence-corrected chi connectivity index (χ4v) is 3.65. The molecule has 0 aliphatic rings. The van der Waals surface area contributed by atoms with Gasteiger partial charge >= 0.3 is 0 Å². The van der Waals surface area contributed by atoms with Crippen LogP contribution in [0.1, 0.15) is 21.5 Å². The van der Waals surface area contributed by atoms with E-state index < -0.39 is 0 Å². The van der Waals surface area contributed by atoms with E-state index in [-0.39, 0.29) is 17.6 Å². The lowest BCUT2D eigenvalue weighted by atomic mass is 10.1. The smallest absolute Gasteiger partial charge is 0.255 e. The molecule has 0 bridgehead atoms. The van der Waals surface area contributed by atoms with Crippen LogP contribution in [0.2, 0.25) is 0 Å². The fourth-order valence-electron chi connectivity index (χ4n) is 2.90. The summed E-state index contributed by atoms with van der Waals surface area (Å²) < 4.78 is 5.11. The Morgan fingerprint density at radius 2 is 1.70 bits per heavy atom. The summed E-state index contributed by atoms with van der Waals surface area (Å²) in [4.78, 5) is 25.6. The molecule has 0 aliphatic heterocycles. The van der Waals surface area contributed by atoms with Gasteiger partial charge in [0.1, 0.15) is 5.75 Å². The van der Waals surface area contributed by atoms with Crippen LogP contribution in [-0.2, 0) is 4.79 Å². The Bertz CT molecular complexity index is 1050. The highest BCUT2D eigenvalue weighted by Crippen LogP contribution is 2.23. The molecular weight excluding hydrogens is 396 g/mol. The Morgan fingerprint density at radius 3 is 2.40 bits per heavy atom. The van der Waals surface area contributed by atoms with E-state index in [2.05, 4.69) is 10.6 Å². The van der Waals surface area contributed by atoms with Gasteiger partial charge < -0.3 is 15.4 Å². The molecule has 5 nitrogen and oxygen atoms in total. The number of nitrogens with one attached hydrogen (secondary N) is 2. The first-order valence-corrected chi connectivity index (χ1v) is 10.5. The molecule has 0 fully saturated rings. The first-order chi connectivity index (χ1) is 14.4. The summed E-state index contributed by atoms with van der Waals surface area (Å²) in [6.07, 6.45) is 0. The summed E-state index contributed by atoms with van der Waals surface area (Å²) >= 11 is 1.42. The number of benzene rings is 3. The van der Waals surface area contributed by atoms with E-state index >= 15 is 0 Å². The van der Waals surface area contributed by atoms with Gasteiger partial charge in [0.15, 0.2) is 0 Å². The lowest BCUT2D eigenvalue weighted by Gasteiger charge is -2.10. The highest BCUT2D eigenvalue weighted by molar-refractivity contribution is 8.00. The molecule has 0 aromatic heterocycles. The van der Waals surface area contributed by atoms with Crippen molar-refractivity contribution in [2.24, 2.45) is 0 Å². The number of carbonyl (C=O) groups is 2. The van der Waals surface area contributed by atoms with Gasteiger partial charge in [-0.3, -0.25) is 9.59 Å². The number of hydrogen-bond donors (Lipinski definition) is 2. The molecule has 2 N–H and O–H groups in total. The fraction of sp³-hybridized carbons (Fsp3) is 0.167. The van der Waals surface area contributed by atoms with Gasteiger partial charge in [0.2, 0.25) is 5.91 Å². The summed E-state index contributed by atoms with van der Waals surface area (Å²) in [6.45, 7) is 4.00. The first-order valence-electron chi connectivity index (χ1n) is 9.50. The predicted octanol–water partition coefficient (Wildman–Crippen LogP) is 5.30. The minimum Gasteiger partial charge on any atom is -0.497 e.